The molecule has 5 aromatic rings. The van der Waals surface area contributed by atoms with Gasteiger partial charge in [0.25, 0.3) is 5.91 Å². The maximum Gasteiger partial charge on any atom is 0.255 e. The summed E-state index contributed by atoms with van der Waals surface area (Å²) in [6.45, 7) is 1.94. The molecule has 2 N–H and O–H groups in total. The van der Waals surface area contributed by atoms with E-state index >= 15 is 0 Å². The number of halogens is 1. The van der Waals surface area contributed by atoms with Crippen LogP contribution in [0.4, 0.5) is 15.8 Å². The Morgan fingerprint density at radius 1 is 0.833 bits per heavy atom. The van der Waals surface area contributed by atoms with Crippen LogP contribution in [0, 0.1) is 5.82 Å². The SMILES string of the molecule is CC(=O)Nc1ccc(-c2nc3cc(NC(=O)c4ccccc4)ccc3n2Cc2ccc(F)cc2)cc1. The van der Waals surface area contributed by atoms with Crippen LogP contribution < -0.4 is 10.6 Å². The van der Waals surface area contributed by atoms with Crippen LogP contribution in [0.5, 0.6) is 0 Å². The van der Waals surface area contributed by atoms with Crippen LogP contribution in [0.1, 0.15) is 22.8 Å². The molecule has 0 saturated heterocycles. The molecule has 2 amide bonds. The summed E-state index contributed by atoms with van der Waals surface area (Å²) in [7, 11) is 0. The highest BCUT2D eigenvalue weighted by Crippen LogP contribution is 2.29. The molecule has 0 atom stereocenters. The number of benzene rings is 4. The molecule has 0 saturated carbocycles. The Morgan fingerprint density at radius 2 is 1.53 bits per heavy atom. The molecule has 36 heavy (non-hydrogen) atoms. The van der Waals surface area contributed by atoms with E-state index in [0.717, 1.165) is 22.5 Å². The third kappa shape index (κ3) is 5.00. The number of anilines is 2. The summed E-state index contributed by atoms with van der Waals surface area (Å²) in [4.78, 5) is 28.9. The summed E-state index contributed by atoms with van der Waals surface area (Å²) >= 11 is 0. The van der Waals surface area contributed by atoms with Gasteiger partial charge >= 0.3 is 0 Å². The number of aromatic nitrogens is 2. The zero-order valence-corrected chi connectivity index (χ0v) is 19.5. The summed E-state index contributed by atoms with van der Waals surface area (Å²) in [6.07, 6.45) is 0. The van der Waals surface area contributed by atoms with Crippen LogP contribution in [0.15, 0.2) is 97.1 Å². The highest BCUT2D eigenvalue weighted by molar-refractivity contribution is 6.05. The van der Waals surface area contributed by atoms with E-state index in [0.29, 0.717) is 29.0 Å². The number of fused-ring (bicyclic) bond motifs is 1. The van der Waals surface area contributed by atoms with E-state index in [-0.39, 0.29) is 17.6 Å². The number of carbonyl (C=O) groups is 2. The quantitative estimate of drug-likeness (QED) is 0.310. The van der Waals surface area contributed by atoms with E-state index < -0.39 is 0 Å². The van der Waals surface area contributed by atoms with E-state index in [1.165, 1.54) is 19.1 Å². The maximum absolute atomic E-state index is 13.5. The third-order valence-corrected chi connectivity index (χ3v) is 5.76. The van der Waals surface area contributed by atoms with Gasteiger partial charge in [-0.2, -0.15) is 0 Å². The molecule has 0 fully saturated rings. The molecule has 0 spiro atoms. The first kappa shape index (κ1) is 23.0. The monoisotopic (exact) mass is 478 g/mol. The smallest absolute Gasteiger partial charge is 0.255 e. The number of carbonyl (C=O) groups excluding carboxylic acids is 2. The minimum Gasteiger partial charge on any atom is -0.326 e. The molecule has 4 aromatic carbocycles. The van der Waals surface area contributed by atoms with Crippen molar-refractivity contribution in [3.05, 3.63) is 114 Å². The van der Waals surface area contributed by atoms with Gasteiger partial charge in [-0.3, -0.25) is 9.59 Å². The Bertz CT molecular complexity index is 1540. The number of amides is 2. The summed E-state index contributed by atoms with van der Waals surface area (Å²) in [5.74, 6) is 0.0860. The van der Waals surface area contributed by atoms with Gasteiger partial charge in [-0.1, -0.05) is 30.3 Å². The fourth-order valence-electron chi connectivity index (χ4n) is 4.06. The second-order valence-electron chi connectivity index (χ2n) is 8.43. The van der Waals surface area contributed by atoms with Gasteiger partial charge < -0.3 is 15.2 Å². The normalized spacial score (nSPS) is 10.8. The first-order valence-corrected chi connectivity index (χ1v) is 11.5. The summed E-state index contributed by atoms with van der Waals surface area (Å²) in [5, 5.41) is 5.70. The maximum atomic E-state index is 13.5. The number of hydrogen-bond acceptors (Lipinski definition) is 3. The van der Waals surface area contributed by atoms with Crippen molar-refractivity contribution >= 4 is 34.2 Å². The first-order chi connectivity index (χ1) is 17.5. The van der Waals surface area contributed by atoms with Gasteiger partial charge in [0, 0.05) is 36.0 Å². The van der Waals surface area contributed by atoms with E-state index in [9.17, 15) is 14.0 Å². The molecule has 0 aliphatic heterocycles. The van der Waals surface area contributed by atoms with Gasteiger partial charge in [0.05, 0.1) is 11.0 Å². The predicted octanol–water partition coefficient (Wildman–Crippen LogP) is 6.10. The van der Waals surface area contributed by atoms with Crippen molar-refractivity contribution in [2.45, 2.75) is 13.5 Å². The molecule has 5 rings (SSSR count). The lowest BCUT2D eigenvalue weighted by Gasteiger charge is -2.11. The molecular weight excluding hydrogens is 455 g/mol. The van der Waals surface area contributed by atoms with Gasteiger partial charge in [-0.25, -0.2) is 9.37 Å². The zero-order valence-electron chi connectivity index (χ0n) is 19.5. The Hall–Kier alpha value is -4.78. The molecule has 178 valence electrons. The van der Waals surface area contributed by atoms with Crippen molar-refractivity contribution in [2.75, 3.05) is 10.6 Å². The summed E-state index contributed by atoms with van der Waals surface area (Å²) in [5.41, 5.74) is 5.26. The van der Waals surface area contributed by atoms with Gasteiger partial charge in [-0.15, -0.1) is 0 Å². The van der Waals surface area contributed by atoms with Crippen molar-refractivity contribution in [1.29, 1.82) is 0 Å². The van der Waals surface area contributed by atoms with Crippen molar-refractivity contribution in [3.8, 4) is 11.4 Å². The largest absolute Gasteiger partial charge is 0.326 e. The molecule has 0 bridgehead atoms. The second kappa shape index (κ2) is 9.84. The van der Waals surface area contributed by atoms with Crippen LogP contribution >= 0.6 is 0 Å². The molecule has 7 heteroatoms. The molecule has 1 aromatic heterocycles. The lowest BCUT2D eigenvalue weighted by Crippen LogP contribution is -2.11. The number of imidazole rings is 1. The summed E-state index contributed by atoms with van der Waals surface area (Å²) in [6, 6.07) is 28.4. The standard InChI is InChI=1S/C29H23FN4O2/c1-19(35)31-24-13-9-21(10-14-24)28-33-26-17-25(32-29(36)22-5-3-2-4-6-22)15-16-27(26)34(28)18-20-7-11-23(30)12-8-20/h2-17H,18H2,1H3,(H,31,35)(H,32,36). The van der Waals surface area contributed by atoms with Crippen LogP contribution in [-0.4, -0.2) is 21.4 Å². The number of nitrogens with zero attached hydrogens (tertiary/aromatic N) is 2. The van der Waals surface area contributed by atoms with Crippen LogP contribution in [-0.2, 0) is 11.3 Å². The second-order valence-corrected chi connectivity index (χ2v) is 8.43. The predicted molar refractivity (Wildman–Crippen MR) is 139 cm³/mol. The molecular formula is C29H23FN4O2. The lowest BCUT2D eigenvalue weighted by molar-refractivity contribution is -0.114. The number of rotatable bonds is 6. The lowest BCUT2D eigenvalue weighted by atomic mass is 10.1. The molecule has 1 heterocycles. The van der Waals surface area contributed by atoms with Gasteiger partial charge in [0.2, 0.25) is 5.91 Å². The Labute approximate surface area is 207 Å². The first-order valence-electron chi connectivity index (χ1n) is 11.5. The molecule has 0 unspecified atom stereocenters. The molecule has 0 radical (unpaired) electrons. The van der Waals surface area contributed by atoms with Crippen molar-refractivity contribution < 1.29 is 14.0 Å². The van der Waals surface area contributed by atoms with Gasteiger partial charge in [0.1, 0.15) is 11.6 Å². The van der Waals surface area contributed by atoms with Crippen LogP contribution in [0.3, 0.4) is 0 Å². The highest BCUT2D eigenvalue weighted by Gasteiger charge is 2.15. The van der Waals surface area contributed by atoms with Gasteiger partial charge in [-0.05, 0) is 72.3 Å². The molecule has 0 aliphatic carbocycles. The van der Waals surface area contributed by atoms with E-state index in [1.807, 2.05) is 60.7 Å². The highest BCUT2D eigenvalue weighted by atomic mass is 19.1. The fraction of sp³-hybridized carbons (Fsp3) is 0.0690. The Morgan fingerprint density at radius 3 is 2.22 bits per heavy atom. The van der Waals surface area contributed by atoms with E-state index in [4.69, 9.17) is 4.98 Å². The molecule has 0 aliphatic rings. The summed E-state index contributed by atoms with van der Waals surface area (Å²) < 4.78 is 15.5. The molecule has 6 nitrogen and oxygen atoms in total. The Kier molecular flexibility index (Phi) is 6.28. The van der Waals surface area contributed by atoms with Crippen LogP contribution in [0.25, 0.3) is 22.4 Å². The van der Waals surface area contributed by atoms with Gasteiger partial charge in [0.15, 0.2) is 0 Å². The third-order valence-electron chi connectivity index (χ3n) is 5.76. The minimum atomic E-state index is -0.290. The average Bonchev–Trinajstić information content (AvgIpc) is 3.23. The number of hydrogen-bond donors (Lipinski definition) is 2. The van der Waals surface area contributed by atoms with E-state index in [1.54, 1.807) is 24.3 Å². The zero-order chi connectivity index (χ0) is 25.1. The van der Waals surface area contributed by atoms with Crippen LogP contribution in [0.2, 0.25) is 0 Å². The average molecular weight is 479 g/mol. The van der Waals surface area contributed by atoms with Crippen molar-refractivity contribution in [3.63, 3.8) is 0 Å². The van der Waals surface area contributed by atoms with E-state index in [2.05, 4.69) is 15.2 Å². The topological polar surface area (TPSA) is 76.0 Å². The fourth-order valence-corrected chi connectivity index (χ4v) is 4.06. The number of nitrogens with one attached hydrogen (secondary N) is 2. The Balaban J connectivity index is 1.53. The minimum absolute atomic E-state index is 0.142. The van der Waals surface area contributed by atoms with Crippen molar-refractivity contribution in [2.24, 2.45) is 0 Å². The van der Waals surface area contributed by atoms with Crippen molar-refractivity contribution in [1.82, 2.24) is 9.55 Å².